The minimum Gasteiger partial charge on any atom is -0.310 e. The maximum atomic E-state index is 2.51. The van der Waals surface area contributed by atoms with Gasteiger partial charge in [-0.25, -0.2) is 0 Å². The van der Waals surface area contributed by atoms with Gasteiger partial charge in [-0.1, -0.05) is 212 Å². The van der Waals surface area contributed by atoms with E-state index in [-0.39, 0.29) is 0 Å². The molecule has 2 nitrogen and oxygen atoms in total. The number of para-hydroxylation sites is 4. The standard InChI is InChI=1S/C67H44N2/c1-2-22-48(23-3-1)69-65-35-16-13-32-61(65)67(62-33-14-17-36-66(62)69)60-31-12-10-28-57(60)58-42-40-50(44-63(58)67)68(49-39-41-53-47(43-49)38-37-46-20-5-6-24-51(46)53)64-34-15-11-29-59(64)56-27-9-8-26-55(56)54-30-18-21-45-19-4-7-25-52(45)54/h1-44H. The highest BCUT2D eigenvalue weighted by Crippen LogP contribution is 2.64. The highest BCUT2D eigenvalue weighted by molar-refractivity contribution is 6.09. The Balaban J connectivity index is 1.04. The highest BCUT2D eigenvalue weighted by atomic mass is 15.2. The summed E-state index contributed by atoms with van der Waals surface area (Å²) in [5.74, 6) is 0. The third-order valence-corrected chi connectivity index (χ3v) is 14.8. The van der Waals surface area contributed by atoms with E-state index in [4.69, 9.17) is 0 Å². The minimum atomic E-state index is -0.602. The summed E-state index contributed by atoms with van der Waals surface area (Å²) in [7, 11) is 0. The van der Waals surface area contributed by atoms with Gasteiger partial charge in [0, 0.05) is 22.6 Å². The molecule has 0 radical (unpaired) electrons. The van der Waals surface area contributed by atoms with Crippen LogP contribution in [0.5, 0.6) is 0 Å². The summed E-state index contributed by atoms with van der Waals surface area (Å²) in [6.45, 7) is 0. The number of hydrogen-bond donors (Lipinski definition) is 0. The van der Waals surface area contributed by atoms with E-state index < -0.39 is 5.41 Å². The molecule has 0 amide bonds. The van der Waals surface area contributed by atoms with Crippen LogP contribution in [-0.2, 0) is 5.41 Å². The van der Waals surface area contributed by atoms with Crippen molar-refractivity contribution in [2.45, 2.75) is 5.41 Å². The fourth-order valence-corrected chi connectivity index (χ4v) is 12.0. The van der Waals surface area contributed by atoms with Gasteiger partial charge >= 0.3 is 0 Å². The Morgan fingerprint density at radius 1 is 0.275 bits per heavy atom. The van der Waals surface area contributed by atoms with Crippen LogP contribution in [0, 0.1) is 0 Å². The first kappa shape index (κ1) is 39.2. The molecule has 12 aromatic rings. The van der Waals surface area contributed by atoms with Crippen molar-refractivity contribution in [3.8, 4) is 33.4 Å². The lowest BCUT2D eigenvalue weighted by molar-refractivity contribution is 0.752. The van der Waals surface area contributed by atoms with Gasteiger partial charge in [-0.3, -0.25) is 0 Å². The van der Waals surface area contributed by atoms with Crippen LogP contribution in [-0.4, -0.2) is 0 Å². The molecule has 0 fully saturated rings. The van der Waals surface area contributed by atoms with E-state index in [0.29, 0.717) is 0 Å². The smallest absolute Gasteiger partial charge is 0.0755 e. The molecule has 1 spiro atoms. The van der Waals surface area contributed by atoms with Crippen LogP contribution in [0.1, 0.15) is 22.3 Å². The van der Waals surface area contributed by atoms with Crippen LogP contribution in [0.2, 0.25) is 0 Å². The molecule has 2 heteroatoms. The average Bonchev–Trinajstić information content (AvgIpc) is 3.71. The highest BCUT2D eigenvalue weighted by Gasteiger charge is 2.52. The van der Waals surface area contributed by atoms with Crippen molar-refractivity contribution in [1.82, 2.24) is 0 Å². The quantitative estimate of drug-likeness (QED) is 0.154. The zero-order chi connectivity index (χ0) is 45.5. The molecule has 1 aliphatic carbocycles. The first-order valence-electron chi connectivity index (χ1n) is 23.9. The predicted octanol–water partition coefficient (Wildman–Crippen LogP) is 18.1. The zero-order valence-electron chi connectivity index (χ0n) is 37.8. The Hall–Kier alpha value is -8.98. The molecular weight excluding hydrogens is 833 g/mol. The molecule has 0 saturated carbocycles. The first-order chi connectivity index (χ1) is 34.3. The fourth-order valence-electron chi connectivity index (χ4n) is 12.0. The van der Waals surface area contributed by atoms with Gasteiger partial charge in [-0.2, -0.15) is 0 Å². The Bertz CT molecular complexity index is 3940. The third-order valence-electron chi connectivity index (χ3n) is 14.8. The normalized spacial score (nSPS) is 13.0. The van der Waals surface area contributed by atoms with E-state index in [9.17, 15) is 0 Å². The van der Waals surface area contributed by atoms with E-state index in [2.05, 4.69) is 277 Å². The second kappa shape index (κ2) is 15.6. The summed E-state index contributed by atoms with van der Waals surface area (Å²) in [5.41, 5.74) is 18.6. The predicted molar refractivity (Wildman–Crippen MR) is 290 cm³/mol. The van der Waals surface area contributed by atoms with Gasteiger partial charge in [-0.05, 0) is 137 Å². The molecule has 69 heavy (non-hydrogen) atoms. The van der Waals surface area contributed by atoms with Crippen molar-refractivity contribution in [1.29, 1.82) is 0 Å². The van der Waals surface area contributed by atoms with Gasteiger partial charge in [0.2, 0.25) is 0 Å². The van der Waals surface area contributed by atoms with Crippen LogP contribution in [0.3, 0.4) is 0 Å². The molecule has 0 atom stereocenters. The third kappa shape index (κ3) is 5.86. The van der Waals surface area contributed by atoms with E-state index >= 15 is 0 Å². The molecule has 0 N–H and O–H groups in total. The first-order valence-corrected chi connectivity index (χ1v) is 23.9. The summed E-state index contributed by atoms with van der Waals surface area (Å²) in [6, 6.07) is 98.9. The largest absolute Gasteiger partial charge is 0.310 e. The summed E-state index contributed by atoms with van der Waals surface area (Å²) >= 11 is 0. The number of benzene rings is 12. The SMILES string of the molecule is c1ccc(N2c3ccccc3C3(c4ccccc4-c4ccc(N(c5ccc6c(ccc7ccccc76)c5)c5ccccc5-c5ccccc5-c5cccc6ccccc56)cc43)c3ccccc32)cc1. The van der Waals surface area contributed by atoms with Crippen LogP contribution >= 0.6 is 0 Å². The molecule has 14 rings (SSSR count). The maximum Gasteiger partial charge on any atom is 0.0755 e. The van der Waals surface area contributed by atoms with E-state index in [1.54, 1.807) is 0 Å². The van der Waals surface area contributed by atoms with E-state index in [0.717, 1.165) is 28.3 Å². The van der Waals surface area contributed by atoms with Crippen molar-refractivity contribution in [2.24, 2.45) is 0 Å². The number of rotatable bonds is 6. The summed E-state index contributed by atoms with van der Waals surface area (Å²) < 4.78 is 0. The number of fused-ring (bicyclic) bond motifs is 13. The zero-order valence-corrected chi connectivity index (χ0v) is 37.8. The molecule has 2 aliphatic rings. The summed E-state index contributed by atoms with van der Waals surface area (Å²) in [4.78, 5) is 4.97. The molecule has 0 bridgehead atoms. The van der Waals surface area contributed by atoms with Gasteiger partial charge in [0.15, 0.2) is 0 Å². The van der Waals surface area contributed by atoms with E-state index in [1.165, 1.54) is 93.8 Å². The number of nitrogens with zero attached hydrogens (tertiary/aromatic N) is 2. The monoisotopic (exact) mass is 876 g/mol. The average molecular weight is 877 g/mol. The van der Waals surface area contributed by atoms with Crippen LogP contribution in [0.15, 0.2) is 267 Å². The second-order valence-corrected chi connectivity index (χ2v) is 18.3. The molecule has 0 unspecified atom stereocenters. The lowest BCUT2D eigenvalue weighted by Gasteiger charge is -2.45. The van der Waals surface area contributed by atoms with Gasteiger partial charge < -0.3 is 9.80 Å². The minimum absolute atomic E-state index is 0.602. The van der Waals surface area contributed by atoms with Crippen molar-refractivity contribution < 1.29 is 0 Å². The van der Waals surface area contributed by atoms with Gasteiger partial charge in [0.1, 0.15) is 0 Å². The van der Waals surface area contributed by atoms with Crippen LogP contribution < -0.4 is 9.80 Å². The van der Waals surface area contributed by atoms with Crippen molar-refractivity contribution >= 4 is 66.4 Å². The summed E-state index contributed by atoms with van der Waals surface area (Å²) in [5, 5.41) is 7.42. The Kier molecular flexibility index (Phi) is 8.84. The van der Waals surface area contributed by atoms with Gasteiger partial charge in [-0.15, -0.1) is 0 Å². The van der Waals surface area contributed by atoms with Crippen molar-refractivity contribution in [3.63, 3.8) is 0 Å². The van der Waals surface area contributed by atoms with Gasteiger partial charge in [0.25, 0.3) is 0 Å². The maximum absolute atomic E-state index is 2.51. The van der Waals surface area contributed by atoms with E-state index in [1.807, 2.05) is 0 Å². The topological polar surface area (TPSA) is 6.48 Å². The molecule has 1 heterocycles. The van der Waals surface area contributed by atoms with Crippen molar-refractivity contribution in [3.05, 3.63) is 289 Å². The molecular formula is C67H44N2. The Morgan fingerprint density at radius 3 is 1.54 bits per heavy atom. The molecule has 0 saturated heterocycles. The summed E-state index contributed by atoms with van der Waals surface area (Å²) in [6.07, 6.45) is 0. The lowest BCUT2D eigenvalue weighted by atomic mass is 9.64. The molecule has 1 aliphatic heterocycles. The lowest BCUT2D eigenvalue weighted by Crippen LogP contribution is -2.36. The number of hydrogen-bond acceptors (Lipinski definition) is 2. The Labute approximate surface area is 402 Å². The molecule has 0 aromatic heterocycles. The fraction of sp³-hybridized carbons (Fsp3) is 0.0149. The Morgan fingerprint density at radius 2 is 0.768 bits per heavy atom. The molecule has 322 valence electrons. The van der Waals surface area contributed by atoms with Gasteiger partial charge in [0.05, 0.1) is 22.5 Å². The second-order valence-electron chi connectivity index (χ2n) is 18.3. The van der Waals surface area contributed by atoms with Crippen molar-refractivity contribution in [2.75, 3.05) is 9.80 Å². The van der Waals surface area contributed by atoms with Crippen LogP contribution in [0.25, 0.3) is 65.7 Å². The number of anilines is 6. The molecule has 12 aromatic carbocycles. The van der Waals surface area contributed by atoms with Crippen LogP contribution in [0.4, 0.5) is 34.1 Å².